The number of halogens is 2. The normalized spacial score (nSPS) is 11.9. The molecule has 0 radical (unpaired) electrons. The lowest BCUT2D eigenvalue weighted by atomic mass is 10.1. The minimum atomic E-state index is -4.26. The van der Waals surface area contributed by atoms with Crippen LogP contribution in [-0.4, -0.2) is 51.9 Å². The number of carbonyl (C=O) groups is 2. The first-order chi connectivity index (χ1) is 18.0. The van der Waals surface area contributed by atoms with Gasteiger partial charge in [0.25, 0.3) is 10.0 Å². The van der Waals surface area contributed by atoms with Crippen molar-refractivity contribution in [3.8, 4) is 5.75 Å². The summed E-state index contributed by atoms with van der Waals surface area (Å²) in [6, 6.07) is 15.4. The number of nitrogens with one attached hydrogen (secondary N) is 1. The van der Waals surface area contributed by atoms with Crippen molar-refractivity contribution in [2.45, 2.75) is 31.3 Å². The van der Waals surface area contributed by atoms with Gasteiger partial charge in [0.1, 0.15) is 24.2 Å². The van der Waals surface area contributed by atoms with Gasteiger partial charge in [-0.05, 0) is 50.2 Å². The molecule has 0 bridgehead atoms. The van der Waals surface area contributed by atoms with Crippen molar-refractivity contribution in [1.82, 2.24) is 10.2 Å². The van der Waals surface area contributed by atoms with Crippen LogP contribution in [0.25, 0.3) is 0 Å². The number of aryl methyl sites for hydroxylation is 1. The molecule has 0 aliphatic carbocycles. The van der Waals surface area contributed by atoms with Gasteiger partial charge in [0.15, 0.2) is 0 Å². The second kappa shape index (κ2) is 12.3. The van der Waals surface area contributed by atoms with Crippen LogP contribution in [0.1, 0.15) is 18.1 Å². The number of carbonyl (C=O) groups excluding carboxylic acids is 2. The highest BCUT2D eigenvalue weighted by Crippen LogP contribution is 2.32. The quantitative estimate of drug-likeness (QED) is 0.401. The van der Waals surface area contributed by atoms with Gasteiger partial charge in [-0.1, -0.05) is 47.5 Å². The highest BCUT2D eigenvalue weighted by molar-refractivity contribution is 7.92. The molecule has 0 aliphatic heterocycles. The van der Waals surface area contributed by atoms with Gasteiger partial charge < -0.3 is 15.0 Å². The van der Waals surface area contributed by atoms with E-state index in [4.69, 9.17) is 16.3 Å². The lowest BCUT2D eigenvalue weighted by molar-refractivity contribution is -0.139. The molecule has 11 heteroatoms. The van der Waals surface area contributed by atoms with E-state index in [0.29, 0.717) is 5.75 Å². The summed E-state index contributed by atoms with van der Waals surface area (Å²) in [6.07, 6.45) is 0. The molecule has 2 amide bonds. The summed E-state index contributed by atoms with van der Waals surface area (Å²) in [5.41, 5.74) is 1.15. The van der Waals surface area contributed by atoms with Gasteiger partial charge in [-0.3, -0.25) is 13.9 Å². The molecule has 0 saturated heterocycles. The number of amides is 2. The van der Waals surface area contributed by atoms with Crippen molar-refractivity contribution in [1.29, 1.82) is 0 Å². The molecule has 3 rings (SSSR count). The first-order valence-electron chi connectivity index (χ1n) is 11.7. The summed E-state index contributed by atoms with van der Waals surface area (Å²) in [5, 5.41) is 2.62. The van der Waals surface area contributed by atoms with E-state index in [2.05, 4.69) is 5.32 Å². The fraction of sp³-hybridized carbons (Fsp3) is 0.259. The van der Waals surface area contributed by atoms with Crippen LogP contribution < -0.4 is 14.4 Å². The van der Waals surface area contributed by atoms with Crippen LogP contribution in [-0.2, 0) is 26.2 Å². The van der Waals surface area contributed by atoms with E-state index in [1.165, 1.54) is 69.6 Å². The van der Waals surface area contributed by atoms with Crippen molar-refractivity contribution < 1.29 is 27.1 Å². The Morgan fingerprint density at radius 1 is 1.08 bits per heavy atom. The number of benzene rings is 3. The van der Waals surface area contributed by atoms with Gasteiger partial charge in [-0.25, -0.2) is 12.8 Å². The third-order valence-corrected chi connectivity index (χ3v) is 8.11. The molecule has 1 unspecified atom stereocenters. The van der Waals surface area contributed by atoms with E-state index in [-0.39, 0.29) is 27.7 Å². The summed E-state index contributed by atoms with van der Waals surface area (Å²) in [4.78, 5) is 27.3. The number of ether oxygens (including phenoxy) is 1. The van der Waals surface area contributed by atoms with Crippen molar-refractivity contribution in [2.24, 2.45) is 0 Å². The average molecular weight is 562 g/mol. The summed E-state index contributed by atoms with van der Waals surface area (Å²) >= 11 is 6.29. The molecule has 0 heterocycles. The van der Waals surface area contributed by atoms with Crippen LogP contribution in [0.5, 0.6) is 5.75 Å². The minimum Gasteiger partial charge on any atom is -0.495 e. The van der Waals surface area contributed by atoms with Crippen molar-refractivity contribution >= 4 is 39.1 Å². The largest absolute Gasteiger partial charge is 0.495 e. The molecular weight excluding hydrogens is 533 g/mol. The second-order valence-corrected chi connectivity index (χ2v) is 10.8. The number of methoxy groups -OCH3 is 1. The summed E-state index contributed by atoms with van der Waals surface area (Å²) in [5.74, 6) is -1.44. The van der Waals surface area contributed by atoms with Crippen LogP contribution in [0.2, 0.25) is 5.02 Å². The first-order valence-corrected chi connectivity index (χ1v) is 13.5. The van der Waals surface area contributed by atoms with Crippen LogP contribution in [0, 0.1) is 12.7 Å². The topological polar surface area (TPSA) is 96.0 Å². The summed E-state index contributed by atoms with van der Waals surface area (Å²) in [6.45, 7) is 2.39. The molecule has 0 aliphatic rings. The number of rotatable bonds is 10. The average Bonchev–Trinajstić information content (AvgIpc) is 2.90. The Morgan fingerprint density at radius 2 is 1.74 bits per heavy atom. The number of likely N-dealkylation sites (N-methyl/N-ethyl adjacent to an activating group) is 1. The van der Waals surface area contributed by atoms with E-state index in [1.54, 1.807) is 18.2 Å². The van der Waals surface area contributed by atoms with E-state index >= 15 is 0 Å². The summed E-state index contributed by atoms with van der Waals surface area (Å²) in [7, 11) is -1.42. The molecule has 0 saturated carbocycles. The highest BCUT2D eigenvalue weighted by atomic mass is 35.5. The number of sulfonamides is 1. The Balaban J connectivity index is 2.08. The SMILES string of the molecule is CNC(=O)C(C)N(Cc1ccccc1F)C(=O)CN(c1ccc(OC)c(Cl)c1)S(=O)(=O)c1ccc(C)cc1. The molecular formula is C27H29ClFN3O5S. The minimum absolute atomic E-state index is 0.0390. The predicted octanol–water partition coefficient (Wildman–Crippen LogP) is 4.15. The first kappa shape index (κ1) is 28.9. The Morgan fingerprint density at radius 3 is 2.32 bits per heavy atom. The van der Waals surface area contributed by atoms with E-state index in [1.807, 2.05) is 6.92 Å². The zero-order chi connectivity index (χ0) is 28.0. The van der Waals surface area contributed by atoms with Crippen LogP contribution >= 0.6 is 11.6 Å². The van der Waals surface area contributed by atoms with Crippen molar-refractivity contribution in [3.05, 3.63) is 88.7 Å². The fourth-order valence-electron chi connectivity index (χ4n) is 3.78. The molecule has 38 heavy (non-hydrogen) atoms. The number of hydrogen-bond acceptors (Lipinski definition) is 5. The third kappa shape index (κ3) is 6.43. The molecule has 3 aromatic carbocycles. The molecule has 1 atom stereocenters. The van der Waals surface area contributed by atoms with E-state index in [0.717, 1.165) is 14.8 Å². The van der Waals surface area contributed by atoms with Gasteiger partial charge >= 0.3 is 0 Å². The van der Waals surface area contributed by atoms with Gasteiger partial charge in [-0.15, -0.1) is 0 Å². The van der Waals surface area contributed by atoms with Crippen LogP contribution in [0.3, 0.4) is 0 Å². The highest BCUT2D eigenvalue weighted by Gasteiger charge is 2.33. The molecule has 0 fully saturated rings. The predicted molar refractivity (Wildman–Crippen MR) is 144 cm³/mol. The summed E-state index contributed by atoms with van der Waals surface area (Å²) < 4.78 is 48.1. The Kier molecular flexibility index (Phi) is 9.35. The zero-order valence-electron chi connectivity index (χ0n) is 21.4. The number of nitrogens with zero attached hydrogens (tertiary/aromatic N) is 2. The molecule has 8 nitrogen and oxygen atoms in total. The lowest BCUT2D eigenvalue weighted by Crippen LogP contribution is -2.50. The maximum atomic E-state index is 14.5. The van der Waals surface area contributed by atoms with E-state index in [9.17, 15) is 22.4 Å². The second-order valence-electron chi connectivity index (χ2n) is 8.55. The standard InChI is InChI=1S/C27H29ClFN3O5S/c1-18-9-12-22(13-10-18)38(35,36)32(21-11-14-25(37-4)23(28)15-21)17-26(33)31(19(2)27(34)30-3)16-20-7-5-6-8-24(20)29/h5-15,19H,16-17H2,1-4H3,(H,30,34). The van der Waals surface area contributed by atoms with E-state index < -0.39 is 40.2 Å². The van der Waals surface area contributed by atoms with Gasteiger partial charge in [0, 0.05) is 19.2 Å². The third-order valence-electron chi connectivity index (χ3n) is 6.02. The number of anilines is 1. The Labute approximate surface area is 227 Å². The van der Waals surface area contributed by atoms with Crippen LogP contribution in [0.4, 0.5) is 10.1 Å². The zero-order valence-corrected chi connectivity index (χ0v) is 23.0. The molecule has 0 spiro atoms. The Bertz CT molecular complexity index is 1420. The monoisotopic (exact) mass is 561 g/mol. The molecule has 1 N–H and O–H groups in total. The van der Waals surface area contributed by atoms with Crippen LogP contribution in [0.15, 0.2) is 71.6 Å². The molecule has 202 valence electrons. The maximum absolute atomic E-state index is 14.5. The molecule has 3 aromatic rings. The molecule has 0 aromatic heterocycles. The van der Waals surface area contributed by atoms with Gasteiger partial charge in [0.2, 0.25) is 11.8 Å². The van der Waals surface area contributed by atoms with Gasteiger partial charge in [0.05, 0.1) is 22.7 Å². The van der Waals surface area contributed by atoms with Gasteiger partial charge in [-0.2, -0.15) is 0 Å². The van der Waals surface area contributed by atoms with Crippen molar-refractivity contribution in [3.63, 3.8) is 0 Å². The van der Waals surface area contributed by atoms with Crippen molar-refractivity contribution in [2.75, 3.05) is 25.0 Å². The Hall–Kier alpha value is -3.63. The number of hydrogen-bond donors (Lipinski definition) is 1. The maximum Gasteiger partial charge on any atom is 0.264 e. The smallest absolute Gasteiger partial charge is 0.264 e. The lowest BCUT2D eigenvalue weighted by Gasteiger charge is -2.32. The fourth-order valence-corrected chi connectivity index (χ4v) is 5.44.